The van der Waals surface area contributed by atoms with Gasteiger partial charge in [0.1, 0.15) is 17.0 Å². The minimum atomic E-state index is -0.331. The van der Waals surface area contributed by atoms with Crippen molar-refractivity contribution >= 4 is 33.3 Å². The summed E-state index contributed by atoms with van der Waals surface area (Å²) in [5, 5.41) is 4.21. The van der Waals surface area contributed by atoms with E-state index in [9.17, 15) is 4.79 Å². The highest BCUT2D eigenvalue weighted by Gasteiger charge is 2.16. The van der Waals surface area contributed by atoms with Gasteiger partial charge in [-0.2, -0.15) is 0 Å². The zero-order valence-electron chi connectivity index (χ0n) is 13.1. The van der Waals surface area contributed by atoms with Crippen LogP contribution in [-0.2, 0) is 4.79 Å². The fourth-order valence-corrected chi connectivity index (χ4v) is 3.56. The molecule has 118 valence electrons. The molecule has 0 atom stereocenters. The van der Waals surface area contributed by atoms with E-state index in [2.05, 4.69) is 53.4 Å². The Morgan fingerprint density at radius 2 is 1.96 bits per heavy atom. The maximum Gasteiger partial charge on any atom is 0.219 e. The minimum Gasteiger partial charge on any atom is -0.370 e. The number of primary amides is 1. The second-order valence-electron chi connectivity index (χ2n) is 5.44. The Labute approximate surface area is 138 Å². The van der Waals surface area contributed by atoms with Gasteiger partial charge in [-0.05, 0) is 19.4 Å². The number of hydrogen-bond acceptors (Lipinski definition) is 5. The average molecular weight is 326 g/mol. The van der Waals surface area contributed by atoms with Crippen LogP contribution in [0.1, 0.15) is 16.9 Å². The Bertz CT molecular complexity index is 855. The van der Waals surface area contributed by atoms with E-state index >= 15 is 0 Å². The van der Waals surface area contributed by atoms with Crippen LogP contribution in [0.4, 0.5) is 5.82 Å². The normalized spacial score (nSPS) is 10.9. The maximum absolute atomic E-state index is 10.9. The molecule has 1 amide bonds. The third kappa shape index (κ3) is 3.17. The molecule has 5 nitrogen and oxygen atoms in total. The molecule has 0 radical (unpaired) electrons. The highest BCUT2D eigenvalue weighted by atomic mass is 32.1. The van der Waals surface area contributed by atoms with E-state index in [1.807, 2.05) is 0 Å². The summed E-state index contributed by atoms with van der Waals surface area (Å²) in [6.07, 6.45) is 1.82. The number of nitrogens with two attached hydrogens (primary N) is 1. The van der Waals surface area contributed by atoms with Crippen molar-refractivity contribution in [1.29, 1.82) is 0 Å². The maximum atomic E-state index is 10.9. The number of aromatic nitrogens is 2. The Morgan fingerprint density at radius 1 is 1.22 bits per heavy atom. The summed E-state index contributed by atoms with van der Waals surface area (Å²) in [5.74, 6) is 0.416. The smallest absolute Gasteiger partial charge is 0.219 e. The number of thiophene rings is 1. The van der Waals surface area contributed by atoms with Crippen LogP contribution >= 0.6 is 11.3 Å². The summed E-state index contributed by atoms with van der Waals surface area (Å²) in [6, 6.07) is 8.43. The lowest BCUT2D eigenvalue weighted by Gasteiger charge is -2.08. The number of nitrogens with zero attached hydrogens (tertiary/aromatic N) is 2. The number of anilines is 1. The van der Waals surface area contributed by atoms with E-state index in [4.69, 9.17) is 5.73 Å². The Kier molecular flexibility index (Phi) is 4.25. The van der Waals surface area contributed by atoms with Crippen molar-refractivity contribution in [3.05, 3.63) is 41.0 Å². The lowest BCUT2D eigenvalue weighted by Crippen LogP contribution is -2.16. The van der Waals surface area contributed by atoms with Crippen LogP contribution in [0.2, 0.25) is 0 Å². The van der Waals surface area contributed by atoms with Crippen molar-refractivity contribution in [2.75, 3.05) is 11.9 Å². The summed E-state index contributed by atoms with van der Waals surface area (Å²) >= 11 is 1.65. The zero-order chi connectivity index (χ0) is 16.4. The van der Waals surface area contributed by atoms with E-state index in [0.29, 0.717) is 6.54 Å². The van der Waals surface area contributed by atoms with Crippen molar-refractivity contribution in [3.63, 3.8) is 0 Å². The summed E-state index contributed by atoms with van der Waals surface area (Å²) in [6.45, 7) is 4.63. The molecule has 0 bridgehead atoms. The Morgan fingerprint density at radius 3 is 2.65 bits per heavy atom. The van der Waals surface area contributed by atoms with Gasteiger partial charge < -0.3 is 11.1 Å². The molecule has 3 N–H and O–H groups in total. The first kappa shape index (κ1) is 15.4. The van der Waals surface area contributed by atoms with E-state index in [0.717, 1.165) is 27.2 Å². The van der Waals surface area contributed by atoms with Gasteiger partial charge in [-0.25, -0.2) is 9.97 Å². The SMILES string of the molecule is Cc1ccc(-c2c(C)sc3ncnc(NCCC(N)=O)c23)cc1. The van der Waals surface area contributed by atoms with E-state index in [-0.39, 0.29) is 12.3 Å². The summed E-state index contributed by atoms with van der Waals surface area (Å²) < 4.78 is 0. The second-order valence-corrected chi connectivity index (χ2v) is 6.65. The van der Waals surface area contributed by atoms with Crippen molar-refractivity contribution in [2.45, 2.75) is 20.3 Å². The monoisotopic (exact) mass is 326 g/mol. The number of amides is 1. The molecule has 0 saturated heterocycles. The van der Waals surface area contributed by atoms with E-state index in [1.54, 1.807) is 17.7 Å². The van der Waals surface area contributed by atoms with Gasteiger partial charge in [0.15, 0.2) is 0 Å². The highest BCUT2D eigenvalue weighted by molar-refractivity contribution is 7.19. The molecule has 3 rings (SSSR count). The van der Waals surface area contributed by atoms with Crippen LogP contribution < -0.4 is 11.1 Å². The predicted octanol–water partition coefficient (Wildman–Crippen LogP) is 3.26. The van der Waals surface area contributed by atoms with Crippen molar-refractivity contribution in [3.8, 4) is 11.1 Å². The molecule has 1 aromatic carbocycles. The quantitative estimate of drug-likeness (QED) is 0.754. The molecule has 0 spiro atoms. The molecule has 0 aliphatic heterocycles. The number of aryl methyl sites for hydroxylation is 2. The van der Waals surface area contributed by atoms with Gasteiger partial charge in [0.2, 0.25) is 5.91 Å². The molecule has 23 heavy (non-hydrogen) atoms. The van der Waals surface area contributed by atoms with E-state index < -0.39 is 0 Å². The Balaban J connectivity index is 2.08. The first-order chi connectivity index (χ1) is 11.1. The fourth-order valence-electron chi connectivity index (χ4n) is 2.55. The Hall–Kier alpha value is -2.47. The van der Waals surface area contributed by atoms with E-state index in [1.165, 1.54) is 10.4 Å². The molecule has 0 aliphatic carbocycles. The van der Waals surface area contributed by atoms with Crippen LogP contribution in [0.5, 0.6) is 0 Å². The zero-order valence-corrected chi connectivity index (χ0v) is 13.9. The van der Waals surface area contributed by atoms with Gasteiger partial charge in [0, 0.05) is 23.4 Å². The van der Waals surface area contributed by atoms with Gasteiger partial charge in [0.25, 0.3) is 0 Å². The third-order valence-electron chi connectivity index (χ3n) is 3.67. The lowest BCUT2D eigenvalue weighted by molar-refractivity contribution is -0.117. The van der Waals surface area contributed by atoms with Gasteiger partial charge in [-0.1, -0.05) is 29.8 Å². The van der Waals surface area contributed by atoms with Gasteiger partial charge in [0.05, 0.1) is 5.39 Å². The van der Waals surface area contributed by atoms with Crippen LogP contribution in [0.25, 0.3) is 21.3 Å². The molecule has 0 unspecified atom stereocenters. The molecule has 0 aliphatic rings. The molecule has 0 fully saturated rings. The second kappa shape index (κ2) is 6.34. The number of fused-ring (bicyclic) bond motifs is 1. The largest absolute Gasteiger partial charge is 0.370 e. The van der Waals surface area contributed by atoms with Crippen molar-refractivity contribution in [1.82, 2.24) is 9.97 Å². The summed E-state index contributed by atoms with van der Waals surface area (Å²) in [4.78, 5) is 21.8. The molecular weight excluding hydrogens is 308 g/mol. The number of carbonyl (C=O) groups is 1. The molecule has 3 aromatic rings. The standard InChI is InChI=1S/C17H18N4OS/c1-10-3-5-12(6-4-10)14-11(2)23-17-15(14)16(20-9-21-17)19-8-7-13(18)22/h3-6,9H,7-8H2,1-2H3,(H2,18,22)(H,19,20,21). The minimum absolute atomic E-state index is 0.272. The predicted molar refractivity (Wildman–Crippen MR) is 94.6 cm³/mol. The molecule has 2 aromatic heterocycles. The molecule has 0 saturated carbocycles. The van der Waals surface area contributed by atoms with Gasteiger partial charge in [-0.3, -0.25) is 4.79 Å². The summed E-state index contributed by atoms with van der Waals surface area (Å²) in [5.41, 5.74) is 8.71. The van der Waals surface area contributed by atoms with Crippen molar-refractivity contribution in [2.24, 2.45) is 5.73 Å². The first-order valence-corrected chi connectivity index (χ1v) is 8.21. The molecular formula is C17H18N4OS. The van der Waals surface area contributed by atoms with Crippen LogP contribution in [-0.4, -0.2) is 22.4 Å². The fraction of sp³-hybridized carbons (Fsp3) is 0.235. The average Bonchev–Trinajstić information content (AvgIpc) is 2.85. The number of rotatable bonds is 5. The number of carbonyl (C=O) groups excluding carboxylic acids is 1. The van der Waals surface area contributed by atoms with Crippen LogP contribution in [0.3, 0.4) is 0 Å². The first-order valence-electron chi connectivity index (χ1n) is 7.39. The van der Waals surface area contributed by atoms with Crippen LogP contribution in [0, 0.1) is 13.8 Å². The van der Waals surface area contributed by atoms with Crippen LogP contribution in [0.15, 0.2) is 30.6 Å². The van der Waals surface area contributed by atoms with Gasteiger partial charge >= 0.3 is 0 Å². The molecule has 2 heterocycles. The van der Waals surface area contributed by atoms with Crippen molar-refractivity contribution < 1.29 is 4.79 Å². The summed E-state index contributed by atoms with van der Waals surface area (Å²) in [7, 11) is 0. The number of hydrogen-bond donors (Lipinski definition) is 2. The number of nitrogens with one attached hydrogen (secondary N) is 1. The topological polar surface area (TPSA) is 80.9 Å². The highest BCUT2D eigenvalue weighted by Crippen LogP contribution is 2.40. The lowest BCUT2D eigenvalue weighted by atomic mass is 10.0. The molecule has 6 heteroatoms. The number of benzene rings is 1. The third-order valence-corrected chi connectivity index (χ3v) is 4.68. The van der Waals surface area contributed by atoms with Gasteiger partial charge in [-0.15, -0.1) is 11.3 Å².